The van der Waals surface area contributed by atoms with Crippen molar-refractivity contribution in [2.24, 2.45) is 0 Å². The van der Waals surface area contributed by atoms with Gasteiger partial charge in [-0.3, -0.25) is 0 Å². The summed E-state index contributed by atoms with van der Waals surface area (Å²) in [4.78, 5) is 0. The Balaban J connectivity index is 0. The minimum absolute atomic E-state index is 0. The third kappa shape index (κ3) is 8.92. The van der Waals surface area contributed by atoms with E-state index in [0.717, 1.165) is 0 Å². The van der Waals surface area contributed by atoms with Crippen LogP contribution in [0.15, 0.2) is 0 Å². The van der Waals surface area contributed by atoms with Crippen LogP contribution in [0.4, 0.5) is 0 Å². The van der Waals surface area contributed by atoms with Gasteiger partial charge in [-0.25, -0.2) is 0 Å². The van der Waals surface area contributed by atoms with Gasteiger partial charge in [-0.05, 0) is 11.0 Å². The number of hydrogen-bond acceptors (Lipinski definition) is 0. The smallest absolute Gasteiger partial charge is 1.00 e. The molecule has 0 spiro atoms. The van der Waals surface area contributed by atoms with Gasteiger partial charge in [-0.2, -0.15) is 0 Å². The summed E-state index contributed by atoms with van der Waals surface area (Å²) in [6, 6.07) is 0. The van der Waals surface area contributed by atoms with Gasteiger partial charge in [0.25, 0.3) is 0 Å². The molecule has 0 heterocycles. The van der Waals surface area contributed by atoms with Crippen LogP contribution in [-0.2, 0) is 38.8 Å². The van der Waals surface area contributed by atoms with E-state index in [1.807, 2.05) is 0 Å². The van der Waals surface area contributed by atoms with Crippen LogP contribution in [0.3, 0.4) is 0 Å². The molecule has 0 rings (SSSR count). The molecule has 0 aromatic rings. The molecule has 0 aromatic carbocycles. The number of hydrogen-bond donors (Lipinski definition) is 0. The van der Waals surface area contributed by atoms with Gasteiger partial charge in [0.2, 0.25) is 0 Å². The zero-order chi connectivity index (χ0) is 0. The third-order valence-electron chi connectivity index (χ3n) is 0. The summed E-state index contributed by atoms with van der Waals surface area (Å²) in [6.07, 6.45) is 0. The second kappa shape index (κ2) is 16.5. The van der Waals surface area contributed by atoms with E-state index < -0.39 is 0 Å². The van der Waals surface area contributed by atoms with Gasteiger partial charge in [0, 0.05) is 38.8 Å². The third-order valence-corrected chi connectivity index (χ3v) is 0. The molecule has 4 heavy (non-hydrogen) atoms. The molecule has 1 radical (unpaired) electrons. The first-order valence-corrected chi connectivity index (χ1v) is 0. The summed E-state index contributed by atoms with van der Waals surface area (Å²) in [7, 11) is 0. The monoisotopic (exact) mass is 183 g/mol. The van der Waals surface area contributed by atoms with E-state index in [1.165, 1.54) is 0 Å². The Morgan fingerprint density at radius 1 is 1.25 bits per heavy atom. The quantitative estimate of drug-likeness (QED) is 0.333. The van der Waals surface area contributed by atoms with E-state index in [1.54, 1.807) is 0 Å². The van der Waals surface area contributed by atoms with Crippen LogP contribution in [0.2, 0.25) is 0 Å². The van der Waals surface area contributed by atoms with E-state index in [2.05, 4.69) is 0 Å². The van der Waals surface area contributed by atoms with Crippen molar-refractivity contribution >= 4 is 11.0 Å². The van der Waals surface area contributed by atoms with Crippen LogP contribution >= 0.6 is 0 Å². The van der Waals surface area contributed by atoms with Gasteiger partial charge in [0.05, 0.1) is 0 Å². The maximum Gasteiger partial charge on any atom is 1.00 e. The molecule has 0 atom stereocenters. The minimum atomic E-state index is 0. The van der Waals surface area contributed by atoms with Crippen molar-refractivity contribution in [2.75, 3.05) is 0 Å². The molecule has 0 bridgehead atoms. The fraction of sp³-hybridized carbons (Fsp3) is 0. The van der Waals surface area contributed by atoms with E-state index in [-0.39, 0.29) is 103 Å². The minimum Gasteiger partial charge on any atom is -1.00 e. The van der Waals surface area contributed by atoms with Gasteiger partial charge in [-0.1, -0.05) is 0 Å². The van der Waals surface area contributed by atoms with Gasteiger partial charge >= 0.3 is 51.4 Å². The Bertz CT molecular complexity index is 11.6. The average Bonchev–Trinajstić information content (AvgIpc) is 0. The summed E-state index contributed by atoms with van der Waals surface area (Å²) in [6.45, 7) is 0. The molecule has 0 nitrogen and oxygen atoms in total. The molecule has 0 amide bonds. The zero-order valence-corrected chi connectivity index (χ0v) is 7.43. The van der Waals surface area contributed by atoms with Crippen LogP contribution in [0.25, 0.3) is 0 Å². The van der Waals surface area contributed by atoms with Crippen molar-refractivity contribution in [2.45, 2.75) is 0 Å². The Kier molecular flexibility index (Phi) is 114. The van der Waals surface area contributed by atoms with Crippen molar-refractivity contribution in [3.05, 3.63) is 0 Å². The van der Waals surface area contributed by atoms with Gasteiger partial charge in [0.1, 0.15) is 0 Å². The molecular formula is H5CuKSiTi. The molecule has 0 aromatic heterocycles. The van der Waals surface area contributed by atoms with Crippen molar-refractivity contribution < 1.29 is 91.6 Å². The molecule has 0 fully saturated rings. The van der Waals surface area contributed by atoms with Crippen molar-refractivity contribution in [1.82, 2.24) is 0 Å². The second-order valence-corrected chi connectivity index (χ2v) is 0. The van der Waals surface area contributed by atoms with Crippen LogP contribution < -0.4 is 51.4 Å². The predicted octanol–water partition coefficient (Wildman–Crippen LogP) is -4.34. The fourth-order valence-electron chi connectivity index (χ4n) is 0. The Hall–Kier alpha value is 3.09. The van der Waals surface area contributed by atoms with Gasteiger partial charge in [0.15, 0.2) is 0 Å². The summed E-state index contributed by atoms with van der Waals surface area (Å²) >= 11 is 0. The van der Waals surface area contributed by atoms with Gasteiger partial charge in [-0.15, -0.1) is 0 Å². The molecule has 0 saturated heterocycles. The van der Waals surface area contributed by atoms with Crippen molar-refractivity contribution in [1.29, 1.82) is 0 Å². The first-order chi connectivity index (χ1) is 0. The molecule has 25 valence electrons. The van der Waals surface area contributed by atoms with E-state index in [0.29, 0.717) is 0 Å². The average molecular weight is 184 g/mol. The SMILES string of the molecule is [Cu].[H-].[K+].[SiH4].[Ti]. The Morgan fingerprint density at radius 3 is 1.25 bits per heavy atom. The molecule has 0 N–H and O–H groups in total. The summed E-state index contributed by atoms with van der Waals surface area (Å²) in [5.74, 6) is 0. The van der Waals surface area contributed by atoms with Crippen LogP contribution in [0, 0.1) is 0 Å². The van der Waals surface area contributed by atoms with Crippen LogP contribution in [-0.4, -0.2) is 11.0 Å². The number of rotatable bonds is 0. The van der Waals surface area contributed by atoms with Crippen LogP contribution in [0.1, 0.15) is 1.43 Å². The molecule has 0 aliphatic rings. The first-order valence-electron chi connectivity index (χ1n) is 0. The standard InChI is InChI=1S/Cu.K.H4Si.Ti.H/h;;1H4;;/q;+1;;;-1. The van der Waals surface area contributed by atoms with Crippen molar-refractivity contribution in [3.63, 3.8) is 0 Å². The van der Waals surface area contributed by atoms with E-state index in [4.69, 9.17) is 0 Å². The van der Waals surface area contributed by atoms with Gasteiger partial charge < -0.3 is 1.43 Å². The van der Waals surface area contributed by atoms with Crippen molar-refractivity contribution in [3.8, 4) is 0 Å². The fourth-order valence-corrected chi connectivity index (χ4v) is 0. The second-order valence-electron chi connectivity index (χ2n) is 0. The predicted molar refractivity (Wildman–Crippen MR) is 12.4 cm³/mol. The maximum atomic E-state index is 0. The molecule has 4 heteroatoms. The first kappa shape index (κ1) is 27.6. The summed E-state index contributed by atoms with van der Waals surface area (Å²) in [5.41, 5.74) is 0. The maximum absolute atomic E-state index is 0. The molecule has 0 saturated carbocycles. The summed E-state index contributed by atoms with van der Waals surface area (Å²) in [5, 5.41) is 0. The van der Waals surface area contributed by atoms with Crippen LogP contribution in [0.5, 0.6) is 0 Å². The molecular weight excluding hydrogens is 179 g/mol. The summed E-state index contributed by atoms with van der Waals surface area (Å²) < 4.78 is 0. The normalized spacial score (nSPS) is 0. The zero-order valence-electron chi connectivity index (χ0n) is 2.80. The van der Waals surface area contributed by atoms with E-state index in [9.17, 15) is 0 Å². The Morgan fingerprint density at radius 2 is 1.25 bits per heavy atom. The molecule has 0 aliphatic carbocycles. The molecule has 0 aliphatic heterocycles. The van der Waals surface area contributed by atoms with E-state index >= 15 is 0 Å². The largest absolute Gasteiger partial charge is 1.00 e. The molecule has 0 unspecified atom stereocenters. The Labute approximate surface area is 100 Å². The topological polar surface area (TPSA) is 0 Å².